The minimum Gasteiger partial charge on any atom is -0.379 e. The quantitative estimate of drug-likeness (QED) is 0.788. The van der Waals surface area contributed by atoms with Crippen molar-refractivity contribution in [2.75, 3.05) is 19.8 Å². The maximum absolute atomic E-state index is 12.7. The summed E-state index contributed by atoms with van der Waals surface area (Å²) < 4.78 is 5.72. The molecule has 5 heteroatoms. The molecule has 0 radical (unpaired) electrons. The SMILES string of the molecule is CCC1(C)NC(c2cccs2)N(CCOCC2CC2)C1=O. The van der Waals surface area contributed by atoms with Gasteiger partial charge >= 0.3 is 0 Å². The monoisotopic (exact) mass is 308 g/mol. The molecule has 1 aromatic heterocycles. The number of thiophene rings is 1. The van der Waals surface area contributed by atoms with Crippen LogP contribution in [0.3, 0.4) is 0 Å². The largest absolute Gasteiger partial charge is 0.379 e. The fourth-order valence-corrected chi connectivity index (χ4v) is 3.52. The van der Waals surface area contributed by atoms with Gasteiger partial charge < -0.3 is 9.64 Å². The van der Waals surface area contributed by atoms with Crippen molar-refractivity contribution in [3.8, 4) is 0 Å². The van der Waals surface area contributed by atoms with E-state index >= 15 is 0 Å². The summed E-state index contributed by atoms with van der Waals surface area (Å²) in [6.45, 7) is 6.21. The Hall–Kier alpha value is -0.910. The third-order valence-corrected chi connectivity index (χ3v) is 5.47. The van der Waals surface area contributed by atoms with Gasteiger partial charge in [0.2, 0.25) is 5.91 Å². The highest BCUT2D eigenvalue weighted by molar-refractivity contribution is 7.10. The maximum Gasteiger partial charge on any atom is 0.244 e. The standard InChI is InChI=1S/C16H24N2O2S/c1-3-16(2)15(19)18(8-9-20-11-12-6-7-12)14(17-16)13-5-4-10-21-13/h4-5,10,12,14,17H,3,6-9,11H2,1-2H3. The van der Waals surface area contributed by atoms with Gasteiger partial charge in [-0.15, -0.1) is 11.3 Å². The molecular formula is C16H24N2O2S. The normalized spacial score (nSPS) is 29.3. The van der Waals surface area contributed by atoms with E-state index in [1.165, 1.54) is 17.7 Å². The first kappa shape index (κ1) is 15.0. The van der Waals surface area contributed by atoms with E-state index < -0.39 is 5.54 Å². The van der Waals surface area contributed by atoms with E-state index in [9.17, 15) is 4.79 Å². The molecule has 1 amide bonds. The number of hydrogen-bond donors (Lipinski definition) is 1. The molecule has 4 nitrogen and oxygen atoms in total. The minimum absolute atomic E-state index is 0.00743. The molecule has 2 fully saturated rings. The van der Waals surface area contributed by atoms with Crippen molar-refractivity contribution in [3.05, 3.63) is 22.4 Å². The lowest BCUT2D eigenvalue weighted by atomic mass is 9.99. The highest BCUT2D eigenvalue weighted by Gasteiger charge is 2.47. The van der Waals surface area contributed by atoms with E-state index in [4.69, 9.17) is 4.74 Å². The molecule has 0 aromatic carbocycles. The van der Waals surface area contributed by atoms with Gasteiger partial charge in [0, 0.05) is 18.0 Å². The van der Waals surface area contributed by atoms with Crippen molar-refractivity contribution < 1.29 is 9.53 Å². The second kappa shape index (κ2) is 6.07. The number of hydrogen-bond acceptors (Lipinski definition) is 4. The van der Waals surface area contributed by atoms with Gasteiger partial charge in [0.05, 0.1) is 12.1 Å². The fourth-order valence-electron chi connectivity index (χ4n) is 2.73. The van der Waals surface area contributed by atoms with Gasteiger partial charge in [-0.05, 0) is 43.6 Å². The molecule has 2 aliphatic rings. The van der Waals surface area contributed by atoms with Crippen LogP contribution in [0.4, 0.5) is 0 Å². The molecule has 2 unspecified atom stereocenters. The van der Waals surface area contributed by atoms with Crippen LogP contribution in [0.15, 0.2) is 17.5 Å². The van der Waals surface area contributed by atoms with Crippen LogP contribution in [0.25, 0.3) is 0 Å². The van der Waals surface area contributed by atoms with Crippen molar-refractivity contribution in [3.63, 3.8) is 0 Å². The topological polar surface area (TPSA) is 41.6 Å². The summed E-state index contributed by atoms with van der Waals surface area (Å²) in [4.78, 5) is 15.9. The van der Waals surface area contributed by atoms with E-state index in [-0.39, 0.29) is 12.1 Å². The lowest BCUT2D eigenvalue weighted by Crippen LogP contribution is -2.43. The Morgan fingerprint density at radius 3 is 2.95 bits per heavy atom. The van der Waals surface area contributed by atoms with Gasteiger partial charge in [0.15, 0.2) is 0 Å². The number of amides is 1. The molecule has 2 atom stereocenters. The Morgan fingerprint density at radius 2 is 2.33 bits per heavy atom. The number of carbonyl (C=O) groups is 1. The summed E-state index contributed by atoms with van der Waals surface area (Å²) in [5.74, 6) is 0.963. The lowest BCUT2D eigenvalue weighted by Gasteiger charge is -2.23. The van der Waals surface area contributed by atoms with Crippen molar-refractivity contribution in [1.29, 1.82) is 0 Å². The third kappa shape index (κ3) is 3.15. The van der Waals surface area contributed by atoms with Crippen molar-refractivity contribution >= 4 is 17.2 Å². The highest BCUT2D eigenvalue weighted by atomic mass is 32.1. The van der Waals surface area contributed by atoms with Gasteiger partial charge in [-0.1, -0.05) is 13.0 Å². The molecule has 21 heavy (non-hydrogen) atoms. The molecule has 2 heterocycles. The zero-order valence-electron chi connectivity index (χ0n) is 12.8. The molecule has 0 spiro atoms. The Bertz CT molecular complexity index is 486. The van der Waals surface area contributed by atoms with E-state index in [2.05, 4.69) is 23.7 Å². The molecular weight excluding hydrogens is 284 g/mol. The molecule has 1 aliphatic heterocycles. The fraction of sp³-hybridized carbons (Fsp3) is 0.688. The number of nitrogens with one attached hydrogen (secondary N) is 1. The molecule has 1 saturated heterocycles. The maximum atomic E-state index is 12.7. The second-order valence-corrected chi connectivity index (χ2v) is 7.24. The van der Waals surface area contributed by atoms with E-state index in [1.807, 2.05) is 17.9 Å². The average Bonchev–Trinajstić information content (AvgIpc) is 3.08. The Kier molecular flexibility index (Phi) is 4.33. The third-order valence-electron chi connectivity index (χ3n) is 4.55. The first-order valence-corrected chi connectivity index (χ1v) is 8.72. The average molecular weight is 308 g/mol. The Balaban J connectivity index is 1.65. The van der Waals surface area contributed by atoms with Crippen LogP contribution < -0.4 is 5.32 Å². The smallest absolute Gasteiger partial charge is 0.244 e. The Labute approximate surface area is 130 Å². The first-order chi connectivity index (χ1) is 10.1. The van der Waals surface area contributed by atoms with Crippen molar-refractivity contribution in [1.82, 2.24) is 10.2 Å². The van der Waals surface area contributed by atoms with E-state index in [1.54, 1.807) is 11.3 Å². The van der Waals surface area contributed by atoms with Crippen LogP contribution in [-0.4, -0.2) is 36.1 Å². The summed E-state index contributed by atoms with van der Waals surface area (Å²) in [6.07, 6.45) is 3.39. The van der Waals surface area contributed by atoms with Gasteiger partial charge in [0.25, 0.3) is 0 Å². The van der Waals surface area contributed by atoms with Crippen LogP contribution >= 0.6 is 11.3 Å². The molecule has 116 valence electrons. The van der Waals surface area contributed by atoms with Gasteiger partial charge in [-0.2, -0.15) is 0 Å². The predicted molar refractivity (Wildman–Crippen MR) is 84.1 cm³/mol. The summed E-state index contributed by atoms with van der Waals surface area (Å²) in [7, 11) is 0. The van der Waals surface area contributed by atoms with Crippen LogP contribution in [-0.2, 0) is 9.53 Å². The van der Waals surface area contributed by atoms with Gasteiger partial charge in [-0.3, -0.25) is 10.1 Å². The molecule has 1 aliphatic carbocycles. The zero-order chi connectivity index (χ0) is 14.9. The zero-order valence-corrected chi connectivity index (χ0v) is 13.6. The molecule has 1 N–H and O–H groups in total. The summed E-state index contributed by atoms with van der Waals surface area (Å²) in [5.41, 5.74) is -0.453. The van der Waals surface area contributed by atoms with Crippen LogP contribution in [0.2, 0.25) is 0 Å². The molecule has 1 aromatic rings. The van der Waals surface area contributed by atoms with Crippen LogP contribution in [0, 0.1) is 5.92 Å². The number of ether oxygens (including phenoxy) is 1. The van der Waals surface area contributed by atoms with Crippen molar-refractivity contribution in [2.24, 2.45) is 5.92 Å². The molecule has 0 bridgehead atoms. The number of nitrogens with zero attached hydrogens (tertiary/aromatic N) is 1. The molecule has 3 rings (SSSR count). The van der Waals surface area contributed by atoms with Crippen LogP contribution in [0.5, 0.6) is 0 Å². The Morgan fingerprint density at radius 1 is 1.52 bits per heavy atom. The summed E-state index contributed by atoms with van der Waals surface area (Å²) >= 11 is 1.69. The summed E-state index contributed by atoms with van der Waals surface area (Å²) in [5, 5.41) is 5.57. The molecule has 1 saturated carbocycles. The van der Waals surface area contributed by atoms with E-state index in [0.29, 0.717) is 13.2 Å². The predicted octanol–water partition coefficient (Wildman–Crippen LogP) is 2.77. The first-order valence-electron chi connectivity index (χ1n) is 7.84. The van der Waals surface area contributed by atoms with E-state index in [0.717, 1.165) is 18.9 Å². The highest BCUT2D eigenvalue weighted by Crippen LogP contribution is 2.34. The number of carbonyl (C=O) groups excluding carboxylic acids is 1. The minimum atomic E-state index is -0.453. The van der Waals surface area contributed by atoms with Crippen LogP contribution in [0.1, 0.15) is 44.2 Å². The van der Waals surface area contributed by atoms with Gasteiger partial charge in [-0.25, -0.2) is 0 Å². The lowest BCUT2D eigenvalue weighted by molar-refractivity contribution is -0.133. The van der Waals surface area contributed by atoms with Gasteiger partial charge in [0.1, 0.15) is 6.17 Å². The van der Waals surface area contributed by atoms with Crippen molar-refractivity contribution in [2.45, 2.75) is 44.8 Å². The summed E-state index contributed by atoms with van der Waals surface area (Å²) in [6, 6.07) is 4.13. The second-order valence-electron chi connectivity index (χ2n) is 6.26. The number of rotatable bonds is 7.